The van der Waals surface area contributed by atoms with Crippen molar-refractivity contribution in [2.24, 2.45) is 0 Å². The zero-order valence-electron chi connectivity index (χ0n) is 11.4. The van der Waals surface area contributed by atoms with Gasteiger partial charge in [-0.3, -0.25) is 4.98 Å². The van der Waals surface area contributed by atoms with Crippen molar-refractivity contribution in [3.63, 3.8) is 0 Å². The molecular formula is C15H14FN3O2. The first-order valence-corrected chi connectivity index (χ1v) is 6.27. The SMILES string of the molecule is Cc1ncc(CO)c(CNc2ccc(C#N)cc2F)c1O. The van der Waals surface area contributed by atoms with E-state index in [9.17, 15) is 14.6 Å². The van der Waals surface area contributed by atoms with E-state index in [-0.39, 0.29) is 30.2 Å². The summed E-state index contributed by atoms with van der Waals surface area (Å²) in [6, 6.07) is 5.94. The summed E-state index contributed by atoms with van der Waals surface area (Å²) >= 11 is 0. The van der Waals surface area contributed by atoms with E-state index in [1.165, 1.54) is 18.3 Å². The van der Waals surface area contributed by atoms with Crippen molar-refractivity contribution in [2.75, 3.05) is 5.32 Å². The number of nitrogens with one attached hydrogen (secondary N) is 1. The second-order valence-corrected chi connectivity index (χ2v) is 4.51. The third kappa shape index (κ3) is 3.09. The van der Waals surface area contributed by atoms with Gasteiger partial charge in [-0.1, -0.05) is 0 Å². The second-order valence-electron chi connectivity index (χ2n) is 4.51. The number of hydrogen-bond acceptors (Lipinski definition) is 5. The van der Waals surface area contributed by atoms with E-state index in [0.29, 0.717) is 16.8 Å². The number of aliphatic hydroxyl groups is 1. The third-order valence-electron chi connectivity index (χ3n) is 3.15. The molecule has 3 N–H and O–H groups in total. The zero-order chi connectivity index (χ0) is 15.4. The van der Waals surface area contributed by atoms with Crippen LogP contribution in [-0.2, 0) is 13.2 Å². The van der Waals surface area contributed by atoms with Crippen LogP contribution in [0.2, 0.25) is 0 Å². The van der Waals surface area contributed by atoms with Crippen molar-refractivity contribution in [2.45, 2.75) is 20.1 Å². The summed E-state index contributed by atoms with van der Waals surface area (Å²) in [6.07, 6.45) is 1.47. The maximum absolute atomic E-state index is 13.8. The molecule has 108 valence electrons. The molecule has 0 aliphatic heterocycles. The van der Waals surface area contributed by atoms with Gasteiger partial charge < -0.3 is 15.5 Å². The number of nitriles is 1. The molecule has 0 saturated carbocycles. The smallest absolute Gasteiger partial charge is 0.147 e. The van der Waals surface area contributed by atoms with Gasteiger partial charge in [-0.15, -0.1) is 0 Å². The summed E-state index contributed by atoms with van der Waals surface area (Å²) in [6.45, 7) is 1.50. The molecule has 2 aromatic rings. The fourth-order valence-electron chi connectivity index (χ4n) is 1.93. The van der Waals surface area contributed by atoms with Crippen LogP contribution in [0.15, 0.2) is 24.4 Å². The highest BCUT2D eigenvalue weighted by molar-refractivity contribution is 5.51. The average molecular weight is 287 g/mol. The summed E-state index contributed by atoms with van der Waals surface area (Å²) < 4.78 is 13.8. The van der Waals surface area contributed by atoms with Crippen molar-refractivity contribution in [1.82, 2.24) is 4.98 Å². The number of aromatic hydroxyl groups is 1. The standard InChI is InChI=1S/C15H14FN3O2/c1-9-15(21)12(11(8-20)6-18-9)7-19-14-3-2-10(5-17)4-13(14)16/h2-4,6,19-21H,7-8H2,1H3. The molecule has 6 heteroatoms. The molecule has 21 heavy (non-hydrogen) atoms. The molecule has 1 heterocycles. The fraction of sp³-hybridized carbons (Fsp3) is 0.200. The monoisotopic (exact) mass is 287 g/mol. The number of aryl methyl sites for hydroxylation is 1. The molecule has 0 radical (unpaired) electrons. The number of nitrogens with zero attached hydrogens (tertiary/aromatic N) is 2. The van der Waals surface area contributed by atoms with E-state index in [0.717, 1.165) is 6.07 Å². The van der Waals surface area contributed by atoms with Crippen LogP contribution < -0.4 is 5.32 Å². The van der Waals surface area contributed by atoms with Crippen LogP contribution in [0, 0.1) is 24.1 Å². The molecule has 0 saturated heterocycles. The molecule has 0 fully saturated rings. The van der Waals surface area contributed by atoms with Gasteiger partial charge in [-0.25, -0.2) is 4.39 Å². The van der Waals surface area contributed by atoms with Crippen molar-refractivity contribution in [3.8, 4) is 11.8 Å². The number of aromatic nitrogens is 1. The summed E-state index contributed by atoms with van der Waals surface area (Å²) in [4.78, 5) is 3.96. The molecular weight excluding hydrogens is 273 g/mol. The van der Waals surface area contributed by atoms with Gasteiger partial charge in [0.1, 0.15) is 11.6 Å². The van der Waals surface area contributed by atoms with Gasteiger partial charge in [0, 0.05) is 23.9 Å². The molecule has 2 rings (SSSR count). The molecule has 0 spiro atoms. The lowest BCUT2D eigenvalue weighted by atomic mass is 10.1. The largest absolute Gasteiger partial charge is 0.506 e. The lowest BCUT2D eigenvalue weighted by Gasteiger charge is -2.13. The van der Waals surface area contributed by atoms with E-state index in [1.807, 2.05) is 6.07 Å². The second kappa shape index (κ2) is 6.20. The minimum absolute atomic E-state index is 0.0249. The summed E-state index contributed by atoms with van der Waals surface area (Å²) in [5.74, 6) is -0.576. The number of hydrogen-bond donors (Lipinski definition) is 3. The normalized spacial score (nSPS) is 10.2. The number of rotatable bonds is 4. The number of aliphatic hydroxyl groups excluding tert-OH is 1. The first-order chi connectivity index (χ1) is 10.1. The molecule has 0 aliphatic carbocycles. The Kier molecular flexibility index (Phi) is 4.36. The van der Waals surface area contributed by atoms with Gasteiger partial charge in [0.2, 0.25) is 0 Å². The van der Waals surface area contributed by atoms with Crippen LogP contribution >= 0.6 is 0 Å². The van der Waals surface area contributed by atoms with E-state index < -0.39 is 5.82 Å². The minimum Gasteiger partial charge on any atom is -0.506 e. The van der Waals surface area contributed by atoms with E-state index in [4.69, 9.17) is 5.26 Å². The van der Waals surface area contributed by atoms with Crippen LogP contribution in [0.4, 0.5) is 10.1 Å². The van der Waals surface area contributed by atoms with Crippen LogP contribution in [0.25, 0.3) is 0 Å². The lowest BCUT2D eigenvalue weighted by molar-refractivity contribution is 0.279. The fourth-order valence-corrected chi connectivity index (χ4v) is 1.93. The Morgan fingerprint density at radius 2 is 2.19 bits per heavy atom. The van der Waals surface area contributed by atoms with Gasteiger partial charge in [0.25, 0.3) is 0 Å². The molecule has 1 aromatic heterocycles. The van der Waals surface area contributed by atoms with Crippen molar-refractivity contribution >= 4 is 5.69 Å². The van der Waals surface area contributed by atoms with Crippen LogP contribution in [0.1, 0.15) is 22.4 Å². The maximum atomic E-state index is 13.8. The number of halogens is 1. The Labute approximate surface area is 121 Å². The Morgan fingerprint density at radius 3 is 2.81 bits per heavy atom. The molecule has 5 nitrogen and oxygen atoms in total. The van der Waals surface area contributed by atoms with Gasteiger partial charge in [0.05, 0.1) is 29.6 Å². The van der Waals surface area contributed by atoms with Gasteiger partial charge in [-0.05, 0) is 25.1 Å². The van der Waals surface area contributed by atoms with Crippen LogP contribution in [0.3, 0.4) is 0 Å². The molecule has 0 amide bonds. The van der Waals surface area contributed by atoms with E-state index in [1.54, 1.807) is 6.92 Å². The maximum Gasteiger partial charge on any atom is 0.147 e. The summed E-state index contributed by atoms with van der Waals surface area (Å²) in [5, 5.41) is 30.8. The molecule has 1 aromatic carbocycles. The van der Waals surface area contributed by atoms with E-state index >= 15 is 0 Å². The molecule has 0 atom stereocenters. The predicted molar refractivity (Wildman–Crippen MR) is 75.0 cm³/mol. The highest BCUT2D eigenvalue weighted by Gasteiger charge is 2.12. The van der Waals surface area contributed by atoms with Gasteiger partial charge >= 0.3 is 0 Å². The minimum atomic E-state index is -0.551. The topological polar surface area (TPSA) is 89.2 Å². The molecule has 0 bridgehead atoms. The first-order valence-electron chi connectivity index (χ1n) is 6.27. The van der Waals surface area contributed by atoms with Gasteiger partial charge in [0.15, 0.2) is 0 Å². The Balaban J connectivity index is 2.25. The van der Waals surface area contributed by atoms with Crippen molar-refractivity contribution in [3.05, 3.63) is 52.6 Å². The van der Waals surface area contributed by atoms with E-state index in [2.05, 4.69) is 10.3 Å². The van der Waals surface area contributed by atoms with Crippen LogP contribution in [0.5, 0.6) is 5.75 Å². The summed E-state index contributed by atoms with van der Waals surface area (Å²) in [7, 11) is 0. The lowest BCUT2D eigenvalue weighted by Crippen LogP contribution is -2.06. The first kappa shape index (κ1) is 14.8. The Bertz CT molecular complexity index is 711. The van der Waals surface area contributed by atoms with Crippen molar-refractivity contribution in [1.29, 1.82) is 5.26 Å². The van der Waals surface area contributed by atoms with Crippen LogP contribution in [-0.4, -0.2) is 15.2 Å². The molecule has 0 unspecified atom stereocenters. The predicted octanol–water partition coefficient (Wildman–Crippen LogP) is 2.21. The third-order valence-corrected chi connectivity index (χ3v) is 3.15. The Morgan fingerprint density at radius 1 is 1.43 bits per heavy atom. The quantitative estimate of drug-likeness (QED) is 0.802. The Hall–Kier alpha value is -2.65. The number of benzene rings is 1. The average Bonchev–Trinajstić information content (AvgIpc) is 2.49. The molecule has 0 aliphatic rings. The highest BCUT2D eigenvalue weighted by Crippen LogP contribution is 2.25. The number of pyridine rings is 1. The summed E-state index contributed by atoms with van der Waals surface area (Å²) in [5.41, 5.74) is 1.82. The zero-order valence-corrected chi connectivity index (χ0v) is 11.4. The highest BCUT2D eigenvalue weighted by atomic mass is 19.1. The van der Waals surface area contributed by atoms with Gasteiger partial charge in [-0.2, -0.15) is 5.26 Å². The van der Waals surface area contributed by atoms with Crippen molar-refractivity contribution < 1.29 is 14.6 Å². The number of anilines is 1.